The van der Waals surface area contributed by atoms with E-state index in [9.17, 15) is 4.79 Å². The Labute approximate surface area is 139 Å². The smallest absolute Gasteiger partial charge is 0.231 e. The highest BCUT2D eigenvalue weighted by Crippen LogP contribution is 2.39. The number of pyridine rings is 1. The lowest BCUT2D eigenvalue weighted by Crippen LogP contribution is -2.18. The molecule has 24 heavy (non-hydrogen) atoms. The highest BCUT2D eigenvalue weighted by Gasteiger charge is 2.23. The molecule has 1 amide bonds. The highest BCUT2D eigenvalue weighted by atomic mass is 16.7. The standard InChI is InChI=1S/C18H17N3O3/c1-12(2)17-18(20-8-4-3-5-16(20)19-17)21(10-22)13-6-7-14-15(9-13)24-11-23-14/h3-10,12H,11H2,1-2H3. The number of hydrogen-bond donors (Lipinski definition) is 0. The topological polar surface area (TPSA) is 56.1 Å². The molecule has 0 N–H and O–H groups in total. The Kier molecular flexibility index (Phi) is 3.37. The average molecular weight is 323 g/mol. The molecule has 0 saturated carbocycles. The van der Waals surface area contributed by atoms with Gasteiger partial charge < -0.3 is 9.47 Å². The van der Waals surface area contributed by atoms with Crippen LogP contribution < -0.4 is 14.4 Å². The van der Waals surface area contributed by atoms with E-state index in [4.69, 9.17) is 9.47 Å². The molecule has 6 nitrogen and oxygen atoms in total. The monoisotopic (exact) mass is 323 g/mol. The second-order valence-electron chi connectivity index (χ2n) is 5.92. The van der Waals surface area contributed by atoms with E-state index < -0.39 is 0 Å². The third-order valence-electron chi connectivity index (χ3n) is 4.05. The van der Waals surface area contributed by atoms with Crippen molar-refractivity contribution in [2.45, 2.75) is 19.8 Å². The van der Waals surface area contributed by atoms with E-state index >= 15 is 0 Å². The van der Waals surface area contributed by atoms with Crippen LogP contribution in [-0.2, 0) is 4.79 Å². The van der Waals surface area contributed by atoms with Crippen LogP contribution in [0.4, 0.5) is 11.5 Å². The lowest BCUT2D eigenvalue weighted by atomic mass is 10.1. The summed E-state index contributed by atoms with van der Waals surface area (Å²) in [6.45, 7) is 4.33. The van der Waals surface area contributed by atoms with E-state index in [0.717, 1.165) is 23.6 Å². The van der Waals surface area contributed by atoms with Gasteiger partial charge in [-0.15, -0.1) is 0 Å². The molecule has 0 unspecified atom stereocenters. The lowest BCUT2D eigenvalue weighted by molar-refractivity contribution is -0.106. The Morgan fingerprint density at radius 2 is 2.04 bits per heavy atom. The van der Waals surface area contributed by atoms with E-state index in [2.05, 4.69) is 18.8 Å². The van der Waals surface area contributed by atoms with E-state index in [1.54, 1.807) is 4.90 Å². The number of carbonyl (C=O) groups excluding carboxylic acids is 1. The number of benzene rings is 1. The average Bonchev–Trinajstić information content (AvgIpc) is 3.20. The van der Waals surface area contributed by atoms with Gasteiger partial charge >= 0.3 is 0 Å². The molecule has 0 radical (unpaired) electrons. The summed E-state index contributed by atoms with van der Waals surface area (Å²) in [5.74, 6) is 2.25. The molecule has 122 valence electrons. The van der Waals surface area contributed by atoms with Crippen LogP contribution in [0.2, 0.25) is 0 Å². The second kappa shape index (κ2) is 5.56. The molecule has 4 rings (SSSR count). The van der Waals surface area contributed by atoms with Crippen LogP contribution in [0.5, 0.6) is 11.5 Å². The number of ether oxygens (including phenoxy) is 2. The van der Waals surface area contributed by atoms with Gasteiger partial charge in [0.2, 0.25) is 13.2 Å². The Morgan fingerprint density at radius 1 is 1.21 bits per heavy atom. The van der Waals surface area contributed by atoms with Crippen LogP contribution in [0.3, 0.4) is 0 Å². The van der Waals surface area contributed by atoms with E-state index in [-0.39, 0.29) is 12.7 Å². The SMILES string of the molecule is CC(C)c1nc2ccccn2c1N(C=O)c1ccc2c(c1)OCO2. The predicted octanol–water partition coefficient (Wildman–Crippen LogP) is 3.48. The van der Waals surface area contributed by atoms with Gasteiger partial charge in [0.05, 0.1) is 11.4 Å². The molecule has 0 saturated heterocycles. The van der Waals surface area contributed by atoms with Crippen LogP contribution >= 0.6 is 0 Å². The first-order valence-corrected chi connectivity index (χ1v) is 7.80. The van der Waals surface area contributed by atoms with E-state index in [0.29, 0.717) is 17.2 Å². The van der Waals surface area contributed by atoms with Crippen molar-refractivity contribution in [2.24, 2.45) is 0 Å². The Balaban J connectivity index is 1.90. The molecule has 0 spiro atoms. The van der Waals surface area contributed by atoms with Crippen molar-refractivity contribution in [3.63, 3.8) is 0 Å². The van der Waals surface area contributed by atoms with Gasteiger partial charge in [-0.2, -0.15) is 0 Å². The molecule has 0 bridgehead atoms. The van der Waals surface area contributed by atoms with E-state index in [1.165, 1.54) is 0 Å². The summed E-state index contributed by atoms with van der Waals surface area (Å²) < 4.78 is 12.7. The summed E-state index contributed by atoms with van der Waals surface area (Å²) in [6, 6.07) is 11.2. The van der Waals surface area contributed by atoms with Crippen LogP contribution in [0.15, 0.2) is 42.6 Å². The largest absolute Gasteiger partial charge is 0.454 e. The van der Waals surface area contributed by atoms with Gasteiger partial charge in [-0.3, -0.25) is 14.1 Å². The summed E-state index contributed by atoms with van der Waals surface area (Å²) >= 11 is 0. The minimum absolute atomic E-state index is 0.177. The van der Waals surface area contributed by atoms with Crippen molar-refractivity contribution in [1.82, 2.24) is 9.38 Å². The summed E-state index contributed by atoms with van der Waals surface area (Å²) in [7, 11) is 0. The fourth-order valence-corrected chi connectivity index (χ4v) is 2.90. The fraction of sp³-hybridized carbons (Fsp3) is 0.222. The minimum Gasteiger partial charge on any atom is -0.454 e. The van der Waals surface area contributed by atoms with Crippen molar-refractivity contribution in [3.05, 3.63) is 48.3 Å². The summed E-state index contributed by atoms with van der Waals surface area (Å²) in [5.41, 5.74) is 2.39. The number of rotatable bonds is 4. The zero-order valence-electron chi connectivity index (χ0n) is 13.5. The number of fused-ring (bicyclic) bond motifs is 2. The maximum atomic E-state index is 11.9. The van der Waals surface area contributed by atoms with Gasteiger partial charge in [0.25, 0.3) is 0 Å². The number of anilines is 2. The third-order valence-corrected chi connectivity index (χ3v) is 4.05. The van der Waals surface area contributed by atoms with Crippen LogP contribution in [0, 0.1) is 0 Å². The molecule has 0 fully saturated rings. The molecule has 2 aromatic heterocycles. The highest BCUT2D eigenvalue weighted by molar-refractivity contribution is 5.88. The quantitative estimate of drug-likeness (QED) is 0.690. The minimum atomic E-state index is 0.177. The normalized spacial score (nSPS) is 12.8. The molecular weight excluding hydrogens is 306 g/mol. The molecule has 3 heterocycles. The van der Waals surface area contributed by atoms with Gasteiger partial charge in [-0.1, -0.05) is 19.9 Å². The van der Waals surface area contributed by atoms with Crippen molar-refractivity contribution >= 4 is 23.6 Å². The van der Waals surface area contributed by atoms with Crippen molar-refractivity contribution in [3.8, 4) is 11.5 Å². The van der Waals surface area contributed by atoms with Crippen LogP contribution in [-0.4, -0.2) is 22.6 Å². The van der Waals surface area contributed by atoms with Gasteiger partial charge in [-0.05, 0) is 30.2 Å². The molecule has 6 heteroatoms. The maximum Gasteiger partial charge on any atom is 0.231 e. The molecule has 0 atom stereocenters. The first-order valence-electron chi connectivity index (χ1n) is 7.80. The zero-order valence-corrected chi connectivity index (χ0v) is 13.5. The number of carbonyl (C=O) groups is 1. The predicted molar refractivity (Wildman–Crippen MR) is 90.0 cm³/mol. The lowest BCUT2D eigenvalue weighted by Gasteiger charge is -2.20. The number of nitrogens with zero attached hydrogens (tertiary/aromatic N) is 3. The third kappa shape index (κ3) is 2.19. The van der Waals surface area contributed by atoms with Crippen LogP contribution in [0.25, 0.3) is 5.65 Å². The molecule has 0 aliphatic carbocycles. The molecule has 1 aliphatic heterocycles. The number of amides is 1. The van der Waals surface area contributed by atoms with Gasteiger partial charge in [0.15, 0.2) is 11.5 Å². The van der Waals surface area contributed by atoms with Crippen molar-refractivity contribution in [2.75, 3.05) is 11.7 Å². The molecule has 1 aromatic carbocycles. The summed E-state index contributed by atoms with van der Waals surface area (Å²) in [4.78, 5) is 18.2. The maximum absolute atomic E-state index is 11.9. The molecule has 3 aromatic rings. The van der Waals surface area contributed by atoms with Gasteiger partial charge in [0.1, 0.15) is 11.5 Å². The first kappa shape index (κ1) is 14.6. The summed E-state index contributed by atoms with van der Waals surface area (Å²) in [6.07, 6.45) is 2.72. The number of hydrogen-bond acceptors (Lipinski definition) is 4. The van der Waals surface area contributed by atoms with Crippen molar-refractivity contribution in [1.29, 1.82) is 0 Å². The van der Waals surface area contributed by atoms with Gasteiger partial charge in [-0.25, -0.2) is 4.98 Å². The number of imidazole rings is 1. The molecule has 1 aliphatic rings. The van der Waals surface area contributed by atoms with Crippen molar-refractivity contribution < 1.29 is 14.3 Å². The Hall–Kier alpha value is -3.02. The first-order chi connectivity index (χ1) is 11.7. The fourth-order valence-electron chi connectivity index (χ4n) is 2.90. The van der Waals surface area contributed by atoms with Crippen LogP contribution in [0.1, 0.15) is 25.5 Å². The number of aromatic nitrogens is 2. The Morgan fingerprint density at radius 3 is 2.83 bits per heavy atom. The van der Waals surface area contributed by atoms with Gasteiger partial charge in [0, 0.05) is 12.3 Å². The summed E-state index contributed by atoms with van der Waals surface area (Å²) in [5, 5.41) is 0. The van der Waals surface area contributed by atoms with E-state index in [1.807, 2.05) is 47.0 Å². The Bertz CT molecular complexity index is 917. The zero-order chi connectivity index (χ0) is 16.7. The second-order valence-corrected chi connectivity index (χ2v) is 5.92. The molecular formula is C18H17N3O3.